The molecule has 10 nitrogen and oxygen atoms in total. The fraction of sp³-hybridized carbons (Fsp3) is 0.421. The molecule has 0 aliphatic carbocycles. The zero-order valence-corrected chi connectivity index (χ0v) is 17.9. The molecule has 1 saturated heterocycles. The van der Waals surface area contributed by atoms with Crippen molar-refractivity contribution in [2.75, 3.05) is 6.54 Å². The first-order chi connectivity index (χ1) is 14.5. The summed E-state index contributed by atoms with van der Waals surface area (Å²) >= 11 is 11.6. The van der Waals surface area contributed by atoms with Crippen LogP contribution in [0.15, 0.2) is 12.1 Å². The Kier molecular flexibility index (Phi) is 8.23. The number of aliphatic carboxylic acids is 1. The number of aldehydes is 1. The van der Waals surface area contributed by atoms with Crippen LogP contribution in [0, 0.1) is 0 Å². The second-order valence-corrected chi connectivity index (χ2v) is 7.84. The molecule has 1 aromatic rings. The maximum Gasteiger partial charge on any atom is 0.305 e. The van der Waals surface area contributed by atoms with Gasteiger partial charge in [-0.15, -0.1) is 0 Å². The number of carboxylic acids is 1. The fourth-order valence-corrected chi connectivity index (χ4v) is 3.68. The van der Waals surface area contributed by atoms with Crippen LogP contribution in [0.5, 0.6) is 5.75 Å². The van der Waals surface area contributed by atoms with E-state index in [-0.39, 0.29) is 27.9 Å². The molecular formula is C19H21Cl2N3O7. The summed E-state index contributed by atoms with van der Waals surface area (Å²) in [4.78, 5) is 60.8. The van der Waals surface area contributed by atoms with E-state index in [4.69, 9.17) is 28.3 Å². The molecule has 1 aromatic carbocycles. The average molecular weight is 474 g/mol. The Morgan fingerprint density at radius 1 is 1.23 bits per heavy atom. The molecule has 31 heavy (non-hydrogen) atoms. The lowest BCUT2D eigenvalue weighted by Gasteiger charge is -2.27. The fourth-order valence-electron chi connectivity index (χ4n) is 3.19. The van der Waals surface area contributed by atoms with Crippen LogP contribution in [-0.4, -0.2) is 69.8 Å². The standard InChI is InChI=1S/C19H21Cl2N3O7/c1-9(22-17(29)10-5-12(20)16(28)13(21)6-10)19(31)24-4-2-3-14(24)18(30)23-11(8-25)7-15(26)27/h5-6,8-9,11,14,28H,2-4,7H2,1H3,(H,22,29)(H,23,30)(H,26,27). The highest BCUT2D eigenvalue weighted by Gasteiger charge is 2.37. The molecule has 4 N–H and O–H groups in total. The molecule has 1 heterocycles. The molecule has 3 amide bonds. The first-order valence-corrected chi connectivity index (χ1v) is 10.1. The molecule has 1 aliphatic rings. The molecule has 12 heteroatoms. The van der Waals surface area contributed by atoms with E-state index in [0.717, 1.165) is 0 Å². The van der Waals surface area contributed by atoms with Crippen molar-refractivity contribution < 1.29 is 34.2 Å². The zero-order chi connectivity index (χ0) is 23.3. The van der Waals surface area contributed by atoms with Crippen molar-refractivity contribution in [1.82, 2.24) is 15.5 Å². The third-order valence-corrected chi connectivity index (χ3v) is 5.30. The van der Waals surface area contributed by atoms with Crippen LogP contribution in [-0.2, 0) is 19.2 Å². The van der Waals surface area contributed by atoms with Gasteiger partial charge in [0, 0.05) is 12.1 Å². The van der Waals surface area contributed by atoms with Gasteiger partial charge in [-0.1, -0.05) is 23.2 Å². The first kappa shape index (κ1) is 24.4. The molecule has 1 fully saturated rings. The van der Waals surface area contributed by atoms with Gasteiger partial charge in [0.25, 0.3) is 5.91 Å². The van der Waals surface area contributed by atoms with Gasteiger partial charge in [-0.2, -0.15) is 0 Å². The van der Waals surface area contributed by atoms with Crippen LogP contribution in [0.3, 0.4) is 0 Å². The Morgan fingerprint density at radius 2 is 1.84 bits per heavy atom. The molecule has 0 aromatic heterocycles. The molecule has 3 unspecified atom stereocenters. The minimum atomic E-state index is -1.25. The summed E-state index contributed by atoms with van der Waals surface area (Å²) in [5.41, 5.74) is 0.0330. The van der Waals surface area contributed by atoms with Gasteiger partial charge in [-0.05, 0) is 31.9 Å². The molecule has 1 aliphatic heterocycles. The zero-order valence-electron chi connectivity index (χ0n) is 16.4. The normalized spacial score (nSPS) is 17.5. The number of carbonyl (C=O) groups excluding carboxylic acids is 4. The predicted octanol–water partition coefficient (Wildman–Crippen LogP) is 0.967. The maximum absolute atomic E-state index is 12.8. The molecule has 3 atom stereocenters. The Hall–Kier alpha value is -2.85. The second-order valence-electron chi connectivity index (χ2n) is 7.02. The number of phenolic OH excluding ortho intramolecular Hbond substituents is 1. The minimum Gasteiger partial charge on any atom is -0.505 e. The van der Waals surface area contributed by atoms with Crippen molar-refractivity contribution in [2.45, 2.75) is 44.3 Å². The summed E-state index contributed by atoms with van der Waals surface area (Å²) in [5.74, 6) is -3.44. The number of rotatable bonds is 8. The van der Waals surface area contributed by atoms with Gasteiger partial charge in [0.15, 0.2) is 5.75 Å². The summed E-state index contributed by atoms with van der Waals surface area (Å²) in [6.45, 7) is 1.70. The molecular weight excluding hydrogens is 453 g/mol. The number of phenols is 1. The minimum absolute atomic E-state index is 0.0330. The summed E-state index contributed by atoms with van der Waals surface area (Å²) in [7, 11) is 0. The average Bonchev–Trinajstić information content (AvgIpc) is 3.19. The maximum atomic E-state index is 12.8. The van der Waals surface area contributed by atoms with Gasteiger partial charge in [0.05, 0.1) is 22.5 Å². The van der Waals surface area contributed by atoms with E-state index in [1.54, 1.807) is 0 Å². The summed E-state index contributed by atoms with van der Waals surface area (Å²) in [6.07, 6.45) is 0.614. The lowest BCUT2D eigenvalue weighted by atomic mass is 10.1. The number of carboxylic acid groups (broad SMARTS) is 1. The van der Waals surface area contributed by atoms with E-state index in [0.29, 0.717) is 19.1 Å². The van der Waals surface area contributed by atoms with Crippen molar-refractivity contribution in [3.63, 3.8) is 0 Å². The Bertz CT molecular complexity index is 885. The van der Waals surface area contributed by atoms with E-state index in [9.17, 15) is 29.1 Å². The smallest absolute Gasteiger partial charge is 0.305 e. The highest BCUT2D eigenvalue weighted by molar-refractivity contribution is 6.37. The van der Waals surface area contributed by atoms with Crippen LogP contribution in [0.25, 0.3) is 0 Å². The summed E-state index contributed by atoms with van der Waals surface area (Å²) in [6, 6.07) is -0.704. The second kappa shape index (κ2) is 10.5. The Balaban J connectivity index is 2.05. The SMILES string of the molecule is CC(NC(=O)c1cc(Cl)c(O)c(Cl)c1)C(=O)N1CCCC1C(=O)NC(C=O)CC(=O)O. The third kappa shape index (κ3) is 6.08. The van der Waals surface area contributed by atoms with Crippen molar-refractivity contribution in [3.05, 3.63) is 27.7 Å². The largest absolute Gasteiger partial charge is 0.505 e. The molecule has 0 radical (unpaired) electrons. The van der Waals surface area contributed by atoms with E-state index in [1.807, 2.05) is 0 Å². The van der Waals surface area contributed by atoms with Gasteiger partial charge in [0.2, 0.25) is 11.8 Å². The molecule has 0 saturated carbocycles. The van der Waals surface area contributed by atoms with Gasteiger partial charge in [-0.25, -0.2) is 0 Å². The number of aromatic hydroxyl groups is 1. The van der Waals surface area contributed by atoms with Gasteiger partial charge in [-0.3, -0.25) is 19.2 Å². The monoisotopic (exact) mass is 473 g/mol. The number of benzene rings is 1. The number of likely N-dealkylation sites (tertiary alicyclic amines) is 1. The van der Waals surface area contributed by atoms with Crippen LogP contribution in [0.2, 0.25) is 10.0 Å². The van der Waals surface area contributed by atoms with Gasteiger partial charge < -0.3 is 30.5 Å². The van der Waals surface area contributed by atoms with E-state index in [2.05, 4.69) is 10.6 Å². The number of carbonyl (C=O) groups is 5. The van der Waals surface area contributed by atoms with Crippen molar-refractivity contribution >= 4 is 53.2 Å². The van der Waals surface area contributed by atoms with Crippen LogP contribution >= 0.6 is 23.2 Å². The topological polar surface area (TPSA) is 153 Å². The van der Waals surface area contributed by atoms with E-state index >= 15 is 0 Å². The number of nitrogens with zero attached hydrogens (tertiary/aromatic N) is 1. The Labute approximate surface area is 187 Å². The molecule has 0 spiro atoms. The third-order valence-electron chi connectivity index (χ3n) is 4.72. The highest BCUT2D eigenvalue weighted by Crippen LogP contribution is 2.32. The number of halogens is 2. The van der Waals surface area contributed by atoms with Crippen molar-refractivity contribution in [3.8, 4) is 5.75 Å². The van der Waals surface area contributed by atoms with Gasteiger partial charge >= 0.3 is 5.97 Å². The summed E-state index contributed by atoms with van der Waals surface area (Å²) in [5, 5.41) is 22.9. The van der Waals surface area contributed by atoms with Gasteiger partial charge in [0.1, 0.15) is 18.4 Å². The lowest BCUT2D eigenvalue weighted by molar-refractivity contribution is -0.141. The van der Waals surface area contributed by atoms with Crippen molar-refractivity contribution in [1.29, 1.82) is 0 Å². The Morgan fingerprint density at radius 3 is 2.39 bits per heavy atom. The number of hydrogen-bond acceptors (Lipinski definition) is 6. The number of nitrogens with one attached hydrogen (secondary N) is 2. The number of hydrogen-bond donors (Lipinski definition) is 4. The van der Waals surface area contributed by atoms with E-state index in [1.165, 1.54) is 24.0 Å². The number of amides is 3. The highest BCUT2D eigenvalue weighted by atomic mass is 35.5. The predicted molar refractivity (Wildman–Crippen MR) is 110 cm³/mol. The summed E-state index contributed by atoms with van der Waals surface area (Å²) < 4.78 is 0. The lowest BCUT2D eigenvalue weighted by Crippen LogP contribution is -2.54. The van der Waals surface area contributed by atoms with Crippen molar-refractivity contribution in [2.24, 2.45) is 0 Å². The molecule has 2 rings (SSSR count). The molecule has 0 bridgehead atoms. The quantitative estimate of drug-likeness (QED) is 0.410. The van der Waals surface area contributed by atoms with E-state index < -0.39 is 48.2 Å². The van der Waals surface area contributed by atoms with Crippen LogP contribution in [0.1, 0.15) is 36.5 Å². The molecule has 168 valence electrons. The first-order valence-electron chi connectivity index (χ1n) is 9.32. The van der Waals surface area contributed by atoms with Crippen LogP contribution < -0.4 is 10.6 Å². The van der Waals surface area contributed by atoms with Crippen LogP contribution in [0.4, 0.5) is 0 Å².